The predicted octanol–water partition coefficient (Wildman–Crippen LogP) is 4.21. The van der Waals surface area contributed by atoms with Gasteiger partial charge in [0.25, 0.3) is 0 Å². The molecule has 1 heterocycles. The molecule has 0 saturated heterocycles. The Morgan fingerprint density at radius 2 is 2.19 bits per heavy atom. The summed E-state index contributed by atoms with van der Waals surface area (Å²) in [6.45, 7) is 0.412. The van der Waals surface area contributed by atoms with E-state index >= 15 is 0 Å². The standard InChI is InChI=1S/C19H24O2/c20-11-13-10-19-7-5-14-15(17(19)3-1-12(13)9-19)2-4-18-16(14)6-8-21-18/h2,4,6,8,12-15,17,20H,1,3,5,7,9-11H2/t12?,13-,14?,15?,17?,19?/m1/s1. The topological polar surface area (TPSA) is 33.4 Å². The Kier molecular flexibility index (Phi) is 2.54. The van der Waals surface area contributed by atoms with Crippen LogP contribution in [0.1, 0.15) is 55.8 Å². The largest absolute Gasteiger partial charge is 0.465 e. The van der Waals surface area contributed by atoms with Crippen molar-refractivity contribution in [2.24, 2.45) is 29.1 Å². The first-order valence-electron chi connectivity index (χ1n) is 8.67. The summed E-state index contributed by atoms with van der Waals surface area (Å²) in [5.41, 5.74) is 2.00. The highest BCUT2D eigenvalue weighted by molar-refractivity contribution is 5.53. The van der Waals surface area contributed by atoms with Crippen LogP contribution in [0.4, 0.5) is 0 Å². The smallest absolute Gasteiger partial charge is 0.129 e. The number of aliphatic hydroxyl groups is 1. The minimum atomic E-state index is 0.412. The number of furan rings is 1. The summed E-state index contributed by atoms with van der Waals surface area (Å²) in [7, 11) is 0. The van der Waals surface area contributed by atoms with Gasteiger partial charge in [-0.1, -0.05) is 6.08 Å². The Morgan fingerprint density at radius 1 is 1.24 bits per heavy atom. The second kappa shape index (κ2) is 4.25. The Morgan fingerprint density at radius 3 is 3.10 bits per heavy atom. The molecular formula is C19H24O2. The van der Waals surface area contributed by atoms with Gasteiger partial charge in [0.1, 0.15) is 5.76 Å². The zero-order valence-corrected chi connectivity index (χ0v) is 12.5. The van der Waals surface area contributed by atoms with Gasteiger partial charge < -0.3 is 9.52 Å². The van der Waals surface area contributed by atoms with Crippen LogP contribution >= 0.6 is 0 Å². The average Bonchev–Trinajstić information content (AvgIpc) is 3.09. The molecule has 21 heavy (non-hydrogen) atoms. The van der Waals surface area contributed by atoms with E-state index in [1.54, 1.807) is 0 Å². The van der Waals surface area contributed by atoms with Crippen LogP contribution < -0.4 is 0 Å². The van der Waals surface area contributed by atoms with E-state index in [9.17, 15) is 5.11 Å². The van der Waals surface area contributed by atoms with Crippen molar-refractivity contribution in [3.8, 4) is 0 Å². The molecule has 0 aromatic carbocycles. The molecule has 1 N–H and O–H groups in total. The quantitative estimate of drug-likeness (QED) is 0.838. The molecule has 1 aromatic heterocycles. The van der Waals surface area contributed by atoms with Gasteiger partial charge in [-0.15, -0.1) is 0 Å². The molecule has 4 aliphatic rings. The number of fused-ring (bicyclic) bond motifs is 5. The molecule has 2 bridgehead atoms. The van der Waals surface area contributed by atoms with Gasteiger partial charge in [-0.3, -0.25) is 0 Å². The third-order valence-corrected chi connectivity index (χ3v) is 7.35. The maximum absolute atomic E-state index is 9.71. The maximum Gasteiger partial charge on any atom is 0.129 e. The lowest BCUT2D eigenvalue weighted by atomic mass is 9.52. The average molecular weight is 284 g/mol. The van der Waals surface area contributed by atoms with Gasteiger partial charge in [0, 0.05) is 12.2 Å². The maximum atomic E-state index is 9.71. The van der Waals surface area contributed by atoms with Crippen LogP contribution in [0, 0.1) is 29.1 Å². The third kappa shape index (κ3) is 1.57. The van der Waals surface area contributed by atoms with Gasteiger partial charge >= 0.3 is 0 Å². The predicted molar refractivity (Wildman–Crippen MR) is 81.7 cm³/mol. The fourth-order valence-corrected chi connectivity index (χ4v) is 6.52. The molecule has 1 aromatic rings. The van der Waals surface area contributed by atoms with Crippen molar-refractivity contribution in [2.45, 2.75) is 44.4 Å². The Bertz CT molecular complexity index is 586. The summed E-state index contributed by atoms with van der Waals surface area (Å²) in [6.07, 6.45) is 14.6. The summed E-state index contributed by atoms with van der Waals surface area (Å²) in [5.74, 6) is 4.72. The number of aliphatic hydroxyl groups excluding tert-OH is 1. The van der Waals surface area contributed by atoms with E-state index in [2.05, 4.69) is 18.2 Å². The third-order valence-electron chi connectivity index (χ3n) is 7.35. The molecule has 1 spiro atoms. The number of hydrogen-bond acceptors (Lipinski definition) is 2. The van der Waals surface area contributed by atoms with E-state index in [-0.39, 0.29) is 0 Å². The molecule has 2 nitrogen and oxygen atoms in total. The van der Waals surface area contributed by atoms with Crippen LogP contribution in [0.5, 0.6) is 0 Å². The highest BCUT2D eigenvalue weighted by Crippen LogP contribution is 2.66. The molecule has 3 fully saturated rings. The zero-order chi connectivity index (χ0) is 14.0. The van der Waals surface area contributed by atoms with Crippen LogP contribution in [-0.4, -0.2) is 11.7 Å². The summed E-state index contributed by atoms with van der Waals surface area (Å²) >= 11 is 0. The van der Waals surface area contributed by atoms with Crippen molar-refractivity contribution in [1.29, 1.82) is 0 Å². The van der Waals surface area contributed by atoms with Crippen LogP contribution in [0.15, 0.2) is 22.8 Å². The van der Waals surface area contributed by atoms with Gasteiger partial charge in [-0.05, 0) is 85.7 Å². The lowest BCUT2D eigenvalue weighted by Gasteiger charge is -2.52. The Balaban J connectivity index is 1.52. The van der Waals surface area contributed by atoms with E-state index in [0.29, 0.717) is 29.8 Å². The Hall–Kier alpha value is -1.02. The summed E-state index contributed by atoms with van der Waals surface area (Å²) in [4.78, 5) is 0. The minimum absolute atomic E-state index is 0.412. The van der Waals surface area contributed by atoms with Gasteiger partial charge in [-0.25, -0.2) is 0 Å². The van der Waals surface area contributed by atoms with Crippen molar-refractivity contribution in [1.82, 2.24) is 0 Å². The highest BCUT2D eigenvalue weighted by atomic mass is 16.3. The summed E-state index contributed by atoms with van der Waals surface area (Å²) < 4.78 is 5.62. The Labute approximate surface area is 126 Å². The molecule has 6 atom stereocenters. The van der Waals surface area contributed by atoms with E-state index in [4.69, 9.17) is 4.42 Å². The second-order valence-corrected chi connectivity index (χ2v) is 7.98. The van der Waals surface area contributed by atoms with Crippen molar-refractivity contribution in [2.75, 3.05) is 6.61 Å². The normalized spacial score (nSPS) is 46.8. The number of hydrogen-bond donors (Lipinski definition) is 1. The SMILES string of the molecule is OC[C@H]1CC23CCC4c5ccoc5C=CC4C2CCC1C3. The van der Waals surface area contributed by atoms with Gasteiger partial charge in [-0.2, -0.15) is 0 Å². The van der Waals surface area contributed by atoms with Gasteiger partial charge in [0.15, 0.2) is 0 Å². The van der Waals surface area contributed by atoms with E-state index < -0.39 is 0 Å². The van der Waals surface area contributed by atoms with E-state index in [0.717, 1.165) is 17.6 Å². The fraction of sp³-hybridized carbons (Fsp3) is 0.684. The van der Waals surface area contributed by atoms with Crippen molar-refractivity contribution < 1.29 is 9.52 Å². The molecule has 3 saturated carbocycles. The highest BCUT2D eigenvalue weighted by Gasteiger charge is 2.57. The molecular weight excluding hydrogens is 260 g/mol. The lowest BCUT2D eigenvalue weighted by molar-refractivity contribution is 0.0184. The lowest BCUT2D eigenvalue weighted by Crippen LogP contribution is -2.43. The molecule has 0 radical (unpaired) electrons. The van der Waals surface area contributed by atoms with Crippen molar-refractivity contribution >= 4 is 6.08 Å². The molecule has 0 amide bonds. The van der Waals surface area contributed by atoms with E-state index in [1.807, 2.05) is 6.26 Å². The summed E-state index contributed by atoms with van der Waals surface area (Å²) in [6, 6.07) is 2.20. The molecule has 4 aliphatic carbocycles. The monoisotopic (exact) mass is 284 g/mol. The first kappa shape index (κ1) is 12.5. The number of rotatable bonds is 1. The molecule has 112 valence electrons. The van der Waals surface area contributed by atoms with Crippen LogP contribution in [-0.2, 0) is 0 Å². The van der Waals surface area contributed by atoms with Gasteiger partial charge in [0.05, 0.1) is 6.26 Å². The first-order chi connectivity index (χ1) is 10.3. The van der Waals surface area contributed by atoms with E-state index in [1.165, 1.54) is 44.1 Å². The first-order valence-corrected chi connectivity index (χ1v) is 8.67. The zero-order valence-electron chi connectivity index (χ0n) is 12.5. The van der Waals surface area contributed by atoms with Gasteiger partial charge in [0.2, 0.25) is 0 Å². The minimum Gasteiger partial charge on any atom is -0.465 e. The van der Waals surface area contributed by atoms with Crippen molar-refractivity contribution in [3.05, 3.63) is 29.7 Å². The molecule has 2 heteroatoms. The van der Waals surface area contributed by atoms with Crippen molar-refractivity contribution in [3.63, 3.8) is 0 Å². The van der Waals surface area contributed by atoms with Crippen LogP contribution in [0.3, 0.4) is 0 Å². The molecule has 0 aliphatic heterocycles. The molecule has 5 rings (SSSR count). The molecule has 5 unspecified atom stereocenters. The number of allylic oxidation sites excluding steroid dienone is 1. The second-order valence-electron chi connectivity index (χ2n) is 7.98. The van der Waals surface area contributed by atoms with Crippen LogP contribution in [0.2, 0.25) is 0 Å². The fourth-order valence-electron chi connectivity index (χ4n) is 6.52. The summed E-state index contributed by atoms with van der Waals surface area (Å²) in [5, 5.41) is 9.71. The van der Waals surface area contributed by atoms with Crippen LogP contribution in [0.25, 0.3) is 6.08 Å².